The summed E-state index contributed by atoms with van der Waals surface area (Å²) in [4.78, 5) is 12.3. The first-order chi connectivity index (χ1) is 12.3. The number of hydrogen-bond donors (Lipinski definition) is 2. The average Bonchev–Trinajstić information content (AvgIpc) is 2.64. The number of unbranched alkanes of at least 4 members (excludes halogenated alkanes) is 1. The van der Waals surface area contributed by atoms with Crippen LogP contribution in [0.15, 0.2) is 66.7 Å². The number of nitrogens with one attached hydrogen (secondary N) is 2. The summed E-state index contributed by atoms with van der Waals surface area (Å²) in [6.45, 7) is 2.84. The van der Waals surface area contributed by atoms with E-state index in [0.29, 0.717) is 6.61 Å². The Balaban J connectivity index is 1.62. The second kappa shape index (κ2) is 8.20. The summed E-state index contributed by atoms with van der Waals surface area (Å²) in [5.74, 6) is 0.813. The van der Waals surface area contributed by atoms with Crippen molar-refractivity contribution in [2.24, 2.45) is 0 Å². The highest BCUT2D eigenvalue weighted by Crippen LogP contribution is 2.23. The molecule has 25 heavy (non-hydrogen) atoms. The molecule has 0 saturated heterocycles. The number of rotatable bonds is 6. The van der Waals surface area contributed by atoms with E-state index in [-0.39, 0.29) is 6.03 Å². The molecule has 2 amide bonds. The molecule has 0 bridgehead atoms. The predicted octanol–water partition coefficient (Wildman–Crippen LogP) is 5.66. The number of hydrogen-bond acceptors (Lipinski definition) is 2. The van der Waals surface area contributed by atoms with E-state index >= 15 is 0 Å². The van der Waals surface area contributed by atoms with Crippen molar-refractivity contribution in [3.63, 3.8) is 0 Å². The maximum Gasteiger partial charge on any atom is 0.323 e. The fourth-order valence-electron chi connectivity index (χ4n) is 2.59. The van der Waals surface area contributed by atoms with Crippen molar-refractivity contribution in [3.05, 3.63) is 66.7 Å². The number of benzene rings is 3. The molecule has 0 unspecified atom stereocenters. The Morgan fingerprint density at radius 2 is 1.68 bits per heavy atom. The molecule has 0 aliphatic heterocycles. The van der Waals surface area contributed by atoms with Gasteiger partial charge in [0.1, 0.15) is 5.75 Å². The molecule has 0 aliphatic carbocycles. The van der Waals surface area contributed by atoms with Gasteiger partial charge in [-0.25, -0.2) is 4.79 Å². The Morgan fingerprint density at radius 3 is 2.48 bits per heavy atom. The zero-order chi connectivity index (χ0) is 17.5. The number of fused-ring (bicyclic) bond motifs is 1. The summed E-state index contributed by atoms with van der Waals surface area (Å²) in [6, 6.07) is 20.9. The summed E-state index contributed by atoms with van der Waals surface area (Å²) >= 11 is 0. The number of anilines is 2. The van der Waals surface area contributed by atoms with Gasteiger partial charge in [0, 0.05) is 11.1 Å². The minimum absolute atomic E-state index is 0.268. The van der Waals surface area contributed by atoms with Gasteiger partial charge in [0.05, 0.1) is 12.3 Å². The molecule has 0 fully saturated rings. The van der Waals surface area contributed by atoms with Gasteiger partial charge in [-0.2, -0.15) is 0 Å². The Morgan fingerprint density at radius 1 is 0.920 bits per heavy atom. The Labute approximate surface area is 147 Å². The van der Waals surface area contributed by atoms with Crippen LogP contribution in [0.25, 0.3) is 10.8 Å². The van der Waals surface area contributed by atoms with Gasteiger partial charge in [-0.3, -0.25) is 0 Å². The Bertz CT molecular complexity index is 839. The van der Waals surface area contributed by atoms with E-state index in [1.165, 1.54) is 0 Å². The molecule has 3 aromatic rings. The molecule has 0 radical (unpaired) electrons. The van der Waals surface area contributed by atoms with Crippen molar-refractivity contribution in [1.82, 2.24) is 0 Å². The predicted molar refractivity (Wildman–Crippen MR) is 103 cm³/mol. The first-order valence-corrected chi connectivity index (χ1v) is 8.55. The molecule has 3 rings (SSSR count). The van der Waals surface area contributed by atoms with Crippen LogP contribution >= 0.6 is 0 Å². The second-order valence-corrected chi connectivity index (χ2v) is 5.83. The number of urea groups is 1. The zero-order valence-electron chi connectivity index (χ0n) is 14.3. The average molecular weight is 334 g/mol. The van der Waals surface area contributed by atoms with Crippen LogP contribution < -0.4 is 15.4 Å². The summed E-state index contributed by atoms with van der Waals surface area (Å²) < 4.78 is 5.62. The molecular weight excluding hydrogens is 312 g/mol. The molecule has 0 saturated carbocycles. The number of carbonyl (C=O) groups is 1. The van der Waals surface area contributed by atoms with Crippen LogP contribution in [0.3, 0.4) is 0 Å². The van der Waals surface area contributed by atoms with Crippen LogP contribution in [0.1, 0.15) is 19.8 Å². The largest absolute Gasteiger partial charge is 0.494 e. The first kappa shape index (κ1) is 16.8. The fraction of sp³-hybridized carbons (Fsp3) is 0.190. The quantitative estimate of drug-likeness (QED) is 0.571. The van der Waals surface area contributed by atoms with Crippen LogP contribution in [0.2, 0.25) is 0 Å². The first-order valence-electron chi connectivity index (χ1n) is 8.55. The fourth-order valence-corrected chi connectivity index (χ4v) is 2.59. The Kier molecular flexibility index (Phi) is 5.52. The summed E-state index contributed by atoms with van der Waals surface area (Å²) in [5, 5.41) is 7.86. The van der Waals surface area contributed by atoms with Gasteiger partial charge in [-0.05, 0) is 42.1 Å². The summed E-state index contributed by atoms with van der Waals surface area (Å²) in [7, 11) is 0. The lowest BCUT2D eigenvalue weighted by atomic mass is 10.1. The summed E-state index contributed by atoms with van der Waals surface area (Å²) in [6.07, 6.45) is 2.14. The maximum absolute atomic E-state index is 12.3. The minimum atomic E-state index is -0.268. The normalized spacial score (nSPS) is 10.4. The number of carbonyl (C=O) groups excluding carboxylic acids is 1. The minimum Gasteiger partial charge on any atom is -0.494 e. The van der Waals surface area contributed by atoms with Gasteiger partial charge in [0.25, 0.3) is 0 Å². The van der Waals surface area contributed by atoms with Gasteiger partial charge in [-0.1, -0.05) is 49.7 Å². The lowest BCUT2D eigenvalue weighted by Gasteiger charge is -2.11. The lowest BCUT2D eigenvalue weighted by molar-refractivity contribution is 0.262. The van der Waals surface area contributed by atoms with Gasteiger partial charge >= 0.3 is 6.03 Å². The van der Waals surface area contributed by atoms with Crippen molar-refractivity contribution in [2.45, 2.75) is 19.8 Å². The molecule has 4 heteroatoms. The monoisotopic (exact) mass is 334 g/mol. The third-order valence-corrected chi connectivity index (χ3v) is 3.92. The van der Waals surface area contributed by atoms with E-state index in [2.05, 4.69) is 17.6 Å². The molecule has 0 aliphatic rings. The van der Waals surface area contributed by atoms with E-state index in [9.17, 15) is 4.79 Å². The van der Waals surface area contributed by atoms with Crippen molar-refractivity contribution in [2.75, 3.05) is 17.2 Å². The van der Waals surface area contributed by atoms with E-state index < -0.39 is 0 Å². The lowest BCUT2D eigenvalue weighted by Crippen LogP contribution is -2.19. The number of ether oxygens (including phenoxy) is 1. The van der Waals surface area contributed by atoms with Gasteiger partial charge in [-0.15, -0.1) is 0 Å². The third kappa shape index (κ3) is 4.51. The van der Waals surface area contributed by atoms with E-state index in [1.807, 2.05) is 66.7 Å². The Hall–Kier alpha value is -3.01. The second-order valence-electron chi connectivity index (χ2n) is 5.83. The van der Waals surface area contributed by atoms with Crippen molar-refractivity contribution in [3.8, 4) is 5.75 Å². The topological polar surface area (TPSA) is 50.4 Å². The highest BCUT2D eigenvalue weighted by atomic mass is 16.5. The van der Waals surface area contributed by atoms with E-state index in [1.54, 1.807) is 0 Å². The molecule has 3 aromatic carbocycles. The van der Waals surface area contributed by atoms with Crippen LogP contribution in [0.5, 0.6) is 5.75 Å². The number of amides is 2. The van der Waals surface area contributed by atoms with Crippen LogP contribution in [0, 0.1) is 0 Å². The highest BCUT2D eigenvalue weighted by molar-refractivity contribution is 6.06. The SMILES string of the molecule is CCCCOc1ccc(NC(=O)Nc2cccc3ccccc23)cc1. The molecule has 0 heterocycles. The van der Waals surface area contributed by atoms with Gasteiger partial charge < -0.3 is 15.4 Å². The van der Waals surface area contributed by atoms with Gasteiger partial charge in [0.15, 0.2) is 0 Å². The highest BCUT2D eigenvalue weighted by Gasteiger charge is 2.06. The smallest absolute Gasteiger partial charge is 0.323 e. The molecule has 0 atom stereocenters. The van der Waals surface area contributed by atoms with E-state index in [0.717, 1.165) is 40.7 Å². The third-order valence-electron chi connectivity index (χ3n) is 3.92. The van der Waals surface area contributed by atoms with E-state index in [4.69, 9.17) is 4.74 Å². The maximum atomic E-state index is 12.3. The van der Waals surface area contributed by atoms with Crippen molar-refractivity contribution >= 4 is 28.2 Å². The molecular formula is C21H22N2O2. The van der Waals surface area contributed by atoms with Crippen LogP contribution in [0.4, 0.5) is 16.2 Å². The van der Waals surface area contributed by atoms with Crippen LogP contribution in [-0.4, -0.2) is 12.6 Å². The van der Waals surface area contributed by atoms with Gasteiger partial charge in [0.2, 0.25) is 0 Å². The van der Waals surface area contributed by atoms with Crippen LogP contribution in [-0.2, 0) is 0 Å². The molecule has 0 spiro atoms. The summed E-state index contributed by atoms with van der Waals surface area (Å²) in [5.41, 5.74) is 1.51. The standard InChI is InChI=1S/C21H22N2O2/c1-2-3-15-25-18-13-11-17(12-14-18)22-21(24)23-20-10-6-8-16-7-4-5-9-19(16)20/h4-14H,2-3,15H2,1H3,(H2,22,23,24). The molecule has 4 nitrogen and oxygen atoms in total. The molecule has 128 valence electrons. The van der Waals surface area contributed by atoms with Crippen molar-refractivity contribution in [1.29, 1.82) is 0 Å². The van der Waals surface area contributed by atoms with Crippen molar-refractivity contribution < 1.29 is 9.53 Å². The molecule has 0 aromatic heterocycles. The zero-order valence-corrected chi connectivity index (χ0v) is 14.3. The molecule has 2 N–H and O–H groups in total.